The average molecular weight is 928 g/mol. The van der Waals surface area contributed by atoms with E-state index in [9.17, 15) is 5.11 Å². The number of aromatic amines is 1. The summed E-state index contributed by atoms with van der Waals surface area (Å²) in [6, 6.07) is 49.9. The largest absolute Gasteiger partial charge is 1.00 e. The fourth-order valence-electron chi connectivity index (χ4n) is 4.34. The van der Waals surface area contributed by atoms with Gasteiger partial charge in [0.05, 0.1) is 13.1 Å². The summed E-state index contributed by atoms with van der Waals surface area (Å²) in [5.41, 5.74) is 9.01. The summed E-state index contributed by atoms with van der Waals surface area (Å²) < 4.78 is 4.67. The zero-order chi connectivity index (χ0) is 45.9. The van der Waals surface area contributed by atoms with Crippen LogP contribution in [0.15, 0.2) is 175 Å². The molecule has 0 unspecified atom stereocenters. The summed E-state index contributed by atoms with van der Waals surface area (Å²) >= 11 is 3.31. The maximum atomic E-state index is 10.1. The number of anilines is 5. The number of aromatic nitrogens is 9. The molecule has 5 N–H and O–H groups in total. The fraction of sp³-hybridized carbons (Fsp3) is 0.250. The van der Waals surface area contributed by atoms with Crippen LogP contribution in [-0.4, -0.2) is 50.3 Å². The Morgan fingerprint density at radius 3 is 1.32 bits per heavy atom. The van der Waals surface area contributed by atoms with Crippen molar-refractivity contribution in [2.45, 2.75) is 81.0 Å². The molecule has 0 fully saturated rings. The number of nitrogen functional groups attached to an aromatic ring is 1. The average Bonchev–Trinajstić information content (AvgIpc) is 4.08. The molecule has 63 heavy (non-hydrogen) atoms. The molecular weight excluding hydrogens is 864 g/mol. The van der Waals surface area contributed by atoms with Gasteiger partial charge in [0.25, 0.3) is 0 Å². The van der Waals surface area contributed by atoms with Gasteiger partial charge in [-0.15, -0.1) is 15.8 Å². The molecule has 3 aromatic heterocycles. The number of hydrogen-bond donors (Lipinski definition) is 4. The minimum Gasteiger partial charge on any atom is -0.850 e. The Hall–Kier alpha value is -5.64. The predicted molar refractivity (Wildman–Crippen MR) is 259 cm³/mol. The van der Waals surface area contributed by atoms with Crippen LogP contribution in [-0.2, 0) is 13.1 Å². The molecule has 8 aromatic rings. The van der Waals surface area contributed by atoms with E-state index in [0.29, 0.717) is 24.4 Å². The molecule has 13 nitrogen and oxygen atoms in total. The van der Waals surface area contributed by atoms with Gasteiger partial charge in [-0.2, -0.15) is 10.1 Å². The fourth-order valence-corrected chi connectivity index (χ4v) is 4.65. The van der Waals surface area contributed by atoms with Crippen molar-refractivity contribution in [3.05, 3.63) is 186 Å². The van der Waals surface area contributed by atoms with E-state index in [1.807, 2.05) is 186 Å². The molecule has 0 bridgehead atoms. The van der Waals surface area contributed by atoms with Crippen LogP contribution in [0.1, 0.15) is 73.4 Å². The molecule has 0 saturated carbocycles. The maximum Gasteiger partial charge on any atom is 1.00 e. The molecule has 0 atom stereocenters. The third-order valence-corrected chi connectivity index (χ3v) is 7.21. The quantitative estimate of drug-likeness (QED) is 0.109. The predicted octanol–water partition coefficient (Wildman–Crippen LogP) is 8.20. The zero-order valence-electron chi connectivity index (χ0n) is 38.5. The van der Waals surface area contributed by atoms with E-state index < -0.39 is 5.60 Å². The molecule has 0 amide bonds. The second kappa shape index (κ2) is 35.9. The van der Waals surface area contributed by atoms with Gasteiger partial charge < -0.3 is 21.5 Å². The van der Waals surface area contributed by atoms with E-state index in [2.05, 4.69) is 74.0 Å². The molecule has 0 aliphatic carbocycles. The summed E-state index contributed by atoms with van der Waals surface area (Å²) in [7, 11) is 0. The molecule has 0 spiro atoms. The first-order valence-corrected chi connectivity index (χ1v) is 21.4. The van der Waals surface area contributed by atoms with Gasteiger partial charge in [-0.25, -0.2) is 24.4 Å². The van der Waals surface area contributed by atoms with Crippen LogP contribution >= 0.6 is 15.9 Å². The van der Waals surface area contributed by atoms with Crippen molar-refractivity contribution in [3.63, 3.8) is 0 Å². The Balaban J connectivity index is 0.000000778. The third kappa shape index (κ3) is 29.3. The van der Waals surface area contributed by atoms with Gasteiger partial charge in [0.15, 0.2) is 0 Å². The minimum absolute atomic E-state index is 0. The van der Waals surface area contributed by atoms with Crippen LogP contribution in [0.3, 0.4) is 0 Å². The Labute approximate surface area is 405 Å². The smallest absolute Gasteiger partial charge is 0.850 e. The van der Waals surface area contributed by atoms with Crippen molar-refractivity contribution < 1.29 is 34.7 Å². The summed E-state index contributed by atoms with van der Waals surface area (Å²) in [6.07, 6.45) is 4.83. The number of hydrogen-bond acceptors (Lipinski definition) is 10. The van der Waals surface area contributed by atoms with Crippen molar-refractivity contribution in [2.24, 2.45) is 0 Å². The molecule has 0 radical (unpaired) electrons. The van der Waals surface area contributed by atoms with Crippen molar-refractivity contribution in [1.29, 1.82) is 0 Å². The molecule has 15 heteroatoms. The van der Waals surface area contributed by atoms with Gasteiger partial charge in [0.1, 0.15) is 19.0 Å². The van der Waals surface area contributed by atoms with E-state index in [1.165, 1.54) is 17.5 Å². The first kappa shape index (κ1) is 57.4. The van der Waals surface area contributed by atoms with Crippen LogP contribution in [0.5, 0.6) is 0 Å². The Morgan fingerprint density at radius 1 is 0.571 bits per heavy atom. The molecular formula is C48H64BrN12NaO. The van der Waals surface area contributed by atoms with E-state index in [0.717, 1.165) is 22.4 Å². The number of rotatable bonds is 8. The summed E-state index contributed by atoms with van der Waals surface area (Å²) in [5, 5.41) is 31.1. The van der Waals surface area contributed by atoms with E-state index >= 15 is 0 Å². The van der Waals surface area contributed by atoms with Crippen LogP contribution in [0, 0.1) is 0 Å². The number of H-pyrrole nitrogens is 1. The first-order chi connectivity index (χ1) is 30.1. The van der Waals surface area contributed by atoms with Gasteiger partial charge in [-0.1, -0.05) is 194 Å². The van der Waals surface area contributed by atoms with E-state index in [-0.39, 0.29) is 29.6 Å². The third-order valence-electron chi connectivity index (χ3n) is 6.68. The number of para-hydroxylation sites is 2. The SMILES string of the molecule is Brc1ccccc1.CC.CC.CC.CC(C)(C)[O-].Nc1ncn(Cc2ccccc2)n1.[Na+].c1ccc(Cn2cnc(Nc3ccccc3)n2)cc1.c1ccc(Nc2ncn[nH]2)cc1. The molecule has 330 valence electrons. The Kier molecular flexibility index (Phi) is 32.7. The Bertz CT molecular complexity index is 2110. The Morgan fingerprint density at radius 2 is 0.952 bits per heavy atom. The minimum atomic E-state index is -0.750. The van der Waals surface area contributed by atoms with Gasteiger partial charge in [0, 0.05) is 15.8 Å². The number of nitrogens with one attached hydrogen (secondary N) is 3. The van der Waals surface area contributed by atoms with Crippen molar-refractivity contribution >= 4 is 45.1 Å². The normalized spacial score (nSPS) is 9.25. The van der Waals surface area contributed by atoms with Crippen LogP contribution in [0.2, 0.25) is 0 Å². The maximum absolute atomic E-state index is 10.1. The standard InChI is InChI=1S/C15H14N4.C9H10N4.C8H8N4.C6H5Br.C4H9O.3C2H6.Na/c1-3-7-13(8-4-1)11-19-12-16-15(18-19)17-14-9-5-2-6-10-14;10-9-11-7-13(12-9)6-8-4-2-1-3-5-8;1-2-4-7(5-3-1)11-8-9-6-10-12-8;7-6-4-2-1-3-5-6;1-4(2,3)5;3*1-2;/h1-10,12H,11H2,(H,17,18);1-5,7H,6H2,(H2,10,12);1-6H,(H2,9,10,11,12);1-5H;1-3H3;3*1-2H3;/q;;;;-1;;;;+1. The van der Waals surface area contributed by atoms with Crippen molar-refractivity contribution in [3.8, 4) is 0 Å². The summed E-state index contributed by atoms with van der Waals surface area (Å²) in [4.78, 5) is 12.0. The number of nitrogens with zero attached hydrogens (tertiary/aromatic N) is 8. The van der Waals surface area contributed by atoms with Gasteiger partial charge >= 0.3 is 29.6 Å². The summed E-state index contributed by atoms with van der Waals surface area (Å²) in [5.74, 6) is 1.58. The number of halogens is 1. The van der Waals surface area contributed by atoms with E-state index in [4.69, 9.17) is 5.73 Å². The molecule has 0 aliphatic rings. The molecule has 5 aromatic carbocycles. The van der Waals surface area contributed by atoms with Gasteiger partial charge in [0.2, 0.25) is 17.8 Å². The zero-order valence-corrected chi connectivity index (χ0v) is 42.1. The van der Waals surface area contributed by atoms with Crippen LogP contribution in [0.25, 0.3) is 0 Å². The van der Waals surface area contributed by atoms with Crippen LogP contribution in [0.4, 0.5) is 29.2 Å². The first-order valence-electron chi connectivity index (χ1n) is 20.6. The van der Waals surface area contributed by atoms with Crippen molar-refractivity contribution in [2.75, 3.05) is 16.4 Å². The van der Waals surface area contributed by atoms with E-state index in [1.54, 1.807) is 38.1 Å². The topological polar surface area (TPSA) is 176 Å². The van der Waals surface area contributed by atoms with Crippen LogP contribution < -0.4 is 51.0 Å². The number of benzene rings is 5. The molecule has 8 rings (SSSR count). The van der Waals surface area contributed by atoms with Crippen molar-refractivity contribution in [1.82, 2.24) is 44.7 Å². The van der Waals surface area contributed by atoms with Gasteiger partial charge in [-0.05, 0) is 47.5 Å². The second-order valence-electron chi connectivity index (χ2n) is 12.8. The molecule has 0 aliphatic heterocycles. The molecule has 0 saturated heterocycles. The second-order valence-corrected chi connectivity index (χ2v) is 13.7. The number of nitrogens with two attached hydrogens (primary N) is 1. The van der Waals surface area contributed by atoms with Gasteiger partial charge in [-0.3, -0.25) is 0 Å². The summed E-state index contributed by atoms with van der Waals surface area (Å²) in [6.45, 7) is 18.3. The monoisotopic (exact) mass is 926 g/mol. The molecule has 3 heterocycles.